The Morgan fingerprint density at radius 3 is 2.60 bits per heavy atom. The van der Waals surface area contributed by atoms with Gasteiger partial charge in [-0.2, -0.15) is 11.8 Å². The molecule has 5 heteroatoms. The second-order valence-electron chi connectivity index (χ2n) is 4.04. The summed E-state index contributed by atoms with van der Waals surface area (Å²) in [5.74, 6) is -0.00516. The van der Waals surface area contributed by atoms with Crippen molar-refractivity contribution in [1.29, 1.82) is 0 Å². The minimum atomic E-state index is -0.178. The standard InChI is InChI=1S/C10H22N2O2S/c1-10(2,15-4)7-12-9(13)5-8(6-11)14-3/h8H,5-7,11H2,1-4H3,(H,12,13). The summed E-state index contributed by atoms with van der Waals surface area (Å²) in [4.78, 5) is 11.5. The van der Waals surface area contributed by atoms with Gasteiger partial charge in [0.2, 0.25) is 5.91 Å². The Morgan fingerprint density at radius 1 is 1.60 bits per heavy atom. The highest BCUT2D eigenvalue weighted by Crippen LogP contribution is 2.19. The summed E-state index contributed by atoms with van der Waals surface area (Å²) in [7, 11) is 1.57. The van der Waals surface area contributed by atoms with Crippen LogP contribution in [0.3, 0.4) is 0 Å². The molecule has 1 atom stereocenters. The van der Waals surface area contributed by atoms with Gasteiger partial charge < -0.3 is 15.8 Å². The minimum absolute atomic E-state index is 0.00516. The average Bonchev–Trinajstić information content (AvgIpc) is 2.23. The SMILES string of the molecule is COC(CN)CC(=O)NCC(C)(C)SC. The van der Waals surface area contributed by atoms with Gasteiger partial charge in [0.1, 0.15) is 0 Å². The summed E-state index contributed by atoms with van der Waals surface area (Å²) in [6.45, 7) is 5.22. The third-order valence-corrected chi connectivity index (χ3v) is 3.52. The van der Waals surface area contributed by atoms with Gasteiger partial charge in [0.15, 0.2) is 0 Å². The zero-order valence-electron chi connectivity index (χ0n) is 10.0. The summed E-state index contributed by atoms with van der Waals surface area (Å²) in [5.41, 5.74) is 5.43. The monoisotopic (exact) mass is 234 g/mol. The molecule has 0 fully saturated rings. The fraction of sp³-hybridized carbons (Fsp3) is 0.900. The number of methoxy groups -OCH3 is 1. The number of rotatable bonds is 7. The van der Waals surface area contributed by atoms with Crippen LogP contribution in [0.2, 0.25) is 0 Å². The Hall–Kier alpha value is -0.260. The number of ether oxygens (including phenoxy) is 1. The van der Waals surface area contributed by atoms with Gasteiger partial charge in [-0.25, -0.2) is 0 Å². The van der Waals surface area contributed by atoms with Crippen LogP contribution in [0.5, 0.6) is 0 Å². The van der Waals surface area contributed by atoms with E-state index in [-0.39, 0.29) is 16.8 Å². The van der Waals surface area contributed by atoms with Crippen molar-refractivity contribution in [3.63, 3.8) is 0 Å². The van der Waals surface area contributed by atoms with E-state index in [1.165, 1.54) is 0 Å². The van der Waals surface area contributed by atoms with E-state index in [4.69, 9.17) is 10.5 Å². The van der Waals surface area contributed by atoms with Gasteiger partial charge in [-0.15, -0.1) is 0 Å². The van der Waals surface area contributed by atoms with Crippen LogP contribution in [-0.2, 0) is 9.53 Å². The molecule has 1 unspecified atom stereocenters. The second kappa shape index (κ2) is 7.09. The average molecular weight is 234 g/mol. The zero-order chi connectivity index (χ0) is 11.9. The van der Waals surface area contributed by atoms with Gasteiger partial charge in [-0.1, -0.05) is 0 Å². The largest absolute Gasteiger partial charge is 0.380 e. The van der Waals surface area contributed by atoms with E-state index in [9.17, 15) is 4.79 Å². The molecule has 0 aromatic rings. The maximum Gasteiger partial charge on any atom is 0.222 e. The molecule has 0 radical (unpaired) electrons. The number of hydrogen-bond acceptors (Lipinski definition) is 4. The minimum Gasteiger partial charge on any atom is -0.380 e. The first-order valence-corrected chi connectivity index (χ1v) is 6.22. The number of hydrogen-bond donors (Lipinski definition) is 2. The van der Waals surface area contributed by atoms with Crippen LogP contribution in [0, 0.1) is 0 Å². The molecule has 0 spiro atoms. The molecule has 0 aromatic carbocycles. The maximum atomic E-state index is 11.5. The molecule has 0 saturated carbocycles. The van der Waals surface area contributed by atoms with E-state index in [0.717, 1.165) is 0 Å². The summed E-state index contributed by atoms with van der Waals surface area (Å²) in [5, 5.41) is 2.88. The number of nitrogens with two attached hydrogens (primary N) is 1. The number of nitrogens with one attached hydrogen (secondary N) is 1. The predicted molar refractivity (Wildman–Crippen MR) is 65.1 cm³/mol. The summed E-state index contributed by atoms with van der Waals surface area (Å²) >= 11 is 1.73. The molecular formula is C10H22N2O2S. The van der Waals surface area contributed by atoms with Crippen LogP contribution in [0.15, 0.2) is 0 Å². The van der Waals surface area contributed by atoms with E-state index in [2.05, 4.69) is 19.2 Å². The van der Waals surface area contributed by atoms with Crippen molar-refractivity contribution < 1.29 is 9.53 Å². The van der Waals surface area contributed by atoms with Gasteiger partial charge >= 0.3 is 0 Å². The first-order chi connectivity index (χ1) is 6.95. The van der Waals surface area contributed by atoms with E-state index >= 15 is 0 Å². The lowest BCUT2D eigenvalue weighted by molar-refractivity contribution is -0.123. The van der Waals surface area contributed by atoms with Crippen LogP contribution in [0.1, 0.15) is 20.3 Å². The molecule has 0 saturated heterocycles. The second-order valence-corrected chi connectivity index (χ2v) is 5.55. The van der Waals surface area contributed by atoms with Crippen molar-refractivity contribution in [2.75, 3.05) is 26.5 Å². The Labute approximate surface area is 96.3 Å². The first kappa shape index (κ1) is 14.7. The fourth-order valence-corrected chi connectivity index (χ4v) is 1.14. The van der Waals surface area contributed by atoms with Gasteiger partial charge in [0, 0.05) is 24.9 Å². The Balaban J connectivity index is 3.84. The molecule has 0 heterocycles. The number of carbonyl (C=O) groups excluding carboxylic acids is 1. The third kappa shape index (κ3) is 6.76. The van der Waals surface area contributed by atoms with Crippen molar-refractivity contribution in [3.05, 3.63) is 0 Å². The predicted octanol–water partition coefficient (Wildman–Crippen LogP) is 0.608. The van der Waals surface area contributed by atoms with E-state index in [0.29, 0.717) is 19.5 Å². The Bertz CT molecular complexity index is 194. The highest BCUT2D eigenvalue weighted by molar-refractivity contribution is 7.99. The third-order valence-electron chi connectivity index (χ3n) is 2.27. The van der Waals surface area contributed by atoms with Crippen molar-refractivity contribution in [2.24, 2.45) is 5.73 Å². The van der Waals surface area contributed by atoms with E-state index in [1.807, 2.05) is 6.26 Å². The van der Waals surface area contributed by atoms with Gasteiger partial charge in [0.25, 0.3) is 0 Å². The zero-order valence-corrected chi connectivity index (χ0v) is 10.8. The molecule has 0 aromatic heterocycles. The molecule has 15 heavy (non-hydrogen) atoms. The highest BCUT2D eigenvalue weighted by atomic mass is 32.2. The maximum absolute atomic E-state index is 11.5. The summed E-state index contributed by atoms with van der Waals surface area (Å²) < 4.78 is 5.11. The smallest absolute Gasteiger partial charge is 0.222 e. The van der Waals surface area contributed by atoms with Crippen LogP contribution in [-0.4, -0.2) is 43.2 Å². The molecule has 0 rings (SSSR count). The van der Waals surface area contributed by atoms with Gasteiger partial charge in [-0.05, 0) is 20.1 Å². The molecule has 0 aliphatic rings. The van der Waals surface area contributed by atoms with Crippen molar-refractivity contribution in [2.45, 2.75) is 31.1 Å². The molecular weight excluding hydrogens is 212 g/mol. The fourth-order valence-electron chi connectivity index (χ4n) is 0.925. The number of amides is 1. The lowest BCUT2D eigenvalue weighted by Crippen LogP contribution is -2.38. The lowest BCUT2D eigenvalue weighted by atomic mass is 10.2. The molecule has 0 aliphatic heterocycles. The van der Waals surface area contributed by atoms with Gasteiger partial charge in [0.05, 0.1) is 12.5 Å². The Kier molecular flexibility index (Phi) is 6.96. The quantitative estimate of drug-likeness (QED) is 0.677. The topological polar surface area (TPSA) is 64.3 Å². The van der Waals surface area contributed by atoms with Crippen molar-refractivity contribution in [3.8, 4) is 0 Å². The number of carbonyl (C=O) groups is 1. The first-order valence-electron chi connectivity index (χ1n) is 5.00. The molecule has 4 nitrogen and oxygen atoms in total. The normalized spacial score (nSPS) is 13.7. The van der Waals surface area contributed by atoms with Crippen molar-refractivity contribution in [1.82, 2.24) is 5.32 Å². The van der Waals surface area contributed by atoms with Gasteiger partial charge in [-0.3, -0.25) is 4.79 Å². The summed E-state index contributed by atoms with van der Waals surface area (Å²) in [6, 6.07) is 0. The van der Waals surface area contributed by atoms with E-state index < -0.39 is 0 Å². The number of thioether (sulfide) groups is 1. The lowest BCUT2D eigenvalue weighted by Gasteiger charge is -2.22. The molecule has 0 bridgehead atoms. The van der Waals surface area contributed by atoms with E-state index in [1.54, 1.807) is 18.9 Å². The molecule has 90 valence electrons. The molecule has 1 amide bonds. The Morgan fingerprint density at radius 2 is 2.20 bits per heavy atom. The van der Waals surface area contributed by atoms with Crippen LogP contribution < -0.4 is 11.1 Å². The highest BCUT2D eigenvalue weighted by Gasteiger charge is 2.18. The summed E-state index contributed by atoms with van der Waals surface area (Å²) in [6.07, 6.45) is 2.18. The molecule has 0 aliphatic carbocycles. The van der Waals surface area contributed by atoms with Crippen LogP contribution in [0.25, 0.3) is 0 Å². The van der Waals surface area contributed by atoms with Crippen LogP contribution in [0.4, 0.5) is 0 Å². The van der Waals surface area contributed by atoms with Crippen molar-refractivity contribution >= 4 is 17.7 Å². The van der Waals surface area contributed by atoms with Crippen LogP contribution >= 0.6 is 11.8 Å². The molecule has 3 N–H and O–H groups in total.